The van der Waals surface area contributed by atoms with Gasteiger partial charge in [0.1, 0.15) is 22.3 Å². The van der Waals surface area contributed by atoms with E-state index in [0.717, 1.165) is 43.9 Å². The quantitative estimate of drug-likeness (QED) is 0.177. The van der Waals surface area contributed by atoms with Crippen LogP contribution in [0.3, 0.4) is 0 Å². The Morgan fingerprint density at radius 1 is 0.290 bits per heavy atom. The second kappa shape index (κ2) is 12.6. The van der Waals surface area contributed by atoms with Gasteiger partial charge in [0.05, 0.1) is 0 Å². The second-order valence-corrected chi connectivity index (χ2v) is 18.4. The molecule has 11 aromatic rings. The second-order valence-electron chi connectivity index (χ2n) is 18.4. The van der Waals surface area contributed by atoms with Crippen LogP contribution in [0, 0.1) is 0 Å². The maximum atomic E-state index is 6.23. The van der Waals surface area contributed by atoms with E-state index in [1.165, 1.54) is 89.0 Å². The van der Waals surface area contributed by atoms with Gasteiger partial charge >= 0.3 is 0 Å². The summed E-state index contributed by atoms with van der Waals surface area (Å²) in [6, 6.07) is 66.8. The van der Waals surface area contributed by atoms with Gasteiger partial charge in [-0.05, 0) is 150 Å². The van der Waals surface area contributed by atoms with E-state index >= 15 is 0 Å². The number of hydrogen-bond acceptors (Lipinski definition) is 2. The molecule has 13 rings (SSSR count). The van der Waals surface area contributed by atoms with Gasteiger partial charge in [-0.15, -0.1) is 0 Å². The molecule has 0 saturated carbocycles. The largest absolute Gasteiger partial charge is 0.456 e. The Balaban J connectivity index is 1.02. The van der Waals surface area contributed by atoms with Crippen molar-refractivity contribution in [2.24, 2.45) is 0 Å². The summed E-state index contributed by atoms with van der Waals surface area (Å²) in [5, 5.41) is 4.60. The summed E-state index contributed by atoms with van der Waals surface area (Å²) in [5.74, 6) is 0. The lowest BCUT2D eigenvalue weighted by Gasteiger charge is -2.29. The SMILES string of the molecule is CC1(C)c2cc(-c3ccc4oc5ccccc5c4c3)ccc2-c2c1c(-c1cccc(-c3ccccc3)c1)cc1c2C(C)(C)c2cc(-c3ccc4oc5ccccc5c4c3)ccc2-1. The van der Waals surface area contributed by atoms with E-state index < -0.39 is 0 Å². The zero-order valence-electron chi connectivity index (χ0n) is 35.1. The molecular weight excluding hydrogens is 753 g/mol. The molecule has 294 valence electrons. The van der Waals surface area contributed by atoms with Crippen molar-refractivity contribution in [2.45, 2.75) is 38.5 Å². The molecule has 0 radical (unpaired) electrons. The molecule has 62 heavy (non-hydrogen) atoms. The molecule has 0 atom stereocenters. The fraction of sp³-hybridized carbons (Fsp3) is 0.100. The van der Waals surface area contributed by atoms with Crippen molar-refractivity contribution in [1.82, 2.24) is 0 Å². The fourth-order valence-corrected chi connectivity index (χ4v) is 11.2. The van der Waals surface area contributed by atoms with Crippen LogP contribution in [-0.2, 0) is 10.8 Å². The minimum absolute atomic E-state index is 0.259. The Kier molecular flexibility index (Phi) is 7.16. The summed E-state index contributed by atoms with van der Waals surface area (Å²) in [6.45, 7) is 9.75. The highest BCUT2D eigenvalue weighted by Crippen LogP contribution is 2.62. The lowest BCUT2D eigenvalue weighted by Crippen LogP contribution is -2.19. The van der Waals surface area contributed by atoms with Crippen LogP contribution in [0.25, 0.3) is 111 Å². The van der Waals surface area contributed by atoms with Crippen LogP contribution in [-0.4, -0.2) is 0 Å². The van der Waals surface area contributed by atoms with Crippen LogP contribution in [0.15, 0.2) is 191 Å². The van der Waals surface area contributed by atoms with Crippen LogP contribution in [0.2, 0.25) is 0 Å². The molecule has 0 bridgehead atoms. The molecule has 2 aliphatic rings. The number of furan rings is 2. The summed E-state index contributed by atoms with van der Waals surface area (Å²) in [5.41, 5.74) is 23.9. The van der Waals surface area contributed by atoms with Gasteiger partial charge in [-0.2, -0.15) is 0 Å². The average molecular weight is 795 g/mol. The summed E-state index contributed by atoms with van der Waals surface area (Å²) >= 11 is 0. The first kappa shape index (κ1) is 35.3. The molecule has 0 N–H and O–H groups in total. The number of para-hydroxylation sites is 2. The Hall–Kier alpha value is -7.42. The topological polar surface area (TPSA) is 26.3 Å². The summed E-state index contributed by atoms with van der Waals surface area (Å²) in [6.07, 6.45) is 0. The fourth-order valence-electron chi connectivity index (χ4n) is 11.2. The van der Waals surface area contributed by atoms with Crippen LogP contribution in [0.5, 0.6) is 0 Å². The van der Waals surface area contributed by atoms with Crippen molar-refractivity contribution in [3.05, 3.63) is 204 Å². The minimum Gasteiger partial charge on any atom is -0.456 e. The van der Waals surface area contributed by atoms with Crippen molar-refractivity contribution >= 4 is 43.9 Å². The molecular formula is C60H42O2. The number of hydrogen-bond donors (Lipinski definition) is 0. The van der Waals surface area contributed by atoms with E-state index in [0.29, 0.717) is 0 Å². The smallest absolute Gasteiger partial charge is 0.135 e. The Bertz CT molecular complexity index is 3680. The van der Waals surface area contributed by atoms with E-state index in [2.05, 4.69) is 198 Å². The molecule has 2 heteroatoms. The molecule has 0 fully saturated rings. The number of benzene rings is 9. The van der Waals surface area contributed by atoms with Gasteiger partial charge in [0.15, 0.2) is 0 Å². The van der Waals surface area contributed by atoms with Gasteiger partial charge in [0.25, 0.3) is 0 Å². The highest BCUT2D eigenvalue weighted by Gasteiger charge is 2.46. The molecule has 2 aromatic heterocycles. The summed E-state index contributed by atoms with van der Waals surface area (Å²) in [4.78, 5) is 0. The van der Waals surface area contributed by atoms with Gasteiger partial charge in [0, 0.05) is 32.4 Å². The molecule has 9 aromatic carbocycles. The van der Waals surface area contributed by atoms with Crippen molar-refractivity contribution in [3.8, 4) is 66.8 Å². The Morgan fingerprint density at radius 3 is 1.37 bits per heavy atom. The molecule has 0 amide bonds. The van der Waals surface area contributed by atoms with Crippen LogP contribution in [0.4, 0.5) is 0 Å². The zero-order valence-corrected chi connectivity index (χ0v) is 35.1. The maximum Gasteiger partial charge on any atom is 0.135 e. The van der Waals surface area contributed by atoms with E-state index in [1.807, 2.05) is 12.1 Å². The Labute approximate surface area is 360 Å². The average Bonchev–Trinajstić information content (AvgIpc) is 4.00. The van der Waals surface area contributed by atoms with Gasteiger partial charge < -0.3 is 8.83 Å². The molecule has 2 nitrogen and oxygen atoms in total. The molecule has 0 saturated heterocycles. The third kappa shape index (κ3) is 4.92. The highest BCUT2D eigenvalue weighted by atomic mass is 16.3. The van der Waals surface area contributed by atoms with Crippen LogP contribution < -0.4 is 0 Å². The predicted molar refractivity (Wildman–Crippen MR) is 258 cm³/mol. The molecule has 0 spiro atoms. The van der Waals surface area contributed by atoms with Gasteiger partial charge in [0.2, 0.25) is 0 Å². The van der Waals surface area contributed by atoms with Gasteiger partial charge in [-0.25, -0.2) is 0 Å². The Morgan fingerprint density at radius 2 is 0.742 bits per heavy atom. The maximum absolute atomic E-state index is 6.23. The third-order valence-electron chi connectivity index (χ3n) is 14.2. The lowest BCUT2D eigenvalue weighted by atomic mass is 9.74. The number of rotatable bonds is 4. The predicted octanol–water partition coefficient (Wildman–Crippen LogP) is 16.8. The van der Waals surface area contributed by atoms with E-state index in [9.17, 15) is 0 Å². The molecule has 0 aliphatic heterocycles. The molecule has 0 unspecified atom stereocenters. The monoisotopic (exact) mass is 794 g/mol. The third-order valence-corrected chi connectivity index (χ3v) is 14.2. The zero-order chi connectivity index (χ0) is 41.5. The molecule has 2 heterocycles. The molecule has 2 aliphatic carbocycles. The normalized spacial score (nSPS) is 14.4. The van der Waals surface area contributed by atoms with Gasteiger partial charge in [-0.1, -0.05) is 149 Å². The number of fused-ring (bicyclic) bond motifs is 13. The van der Waals surface area contributed by atoms with E-state index in [1.54, 1.807) is 0 Å². The first-order valence-electron chi connectivity index (χ1n) is 21.7. The minimum atomic E-state index is -0.279. The standard InChI is InChI=1S/C60H42O2/c1-59(2)50-32-39(37-23-27-54-47(30-37)43-17-8-10-19-52(43)61-54)21-25-42(50)49-34-46(41-16-12-15-36(29-41)35-13-6-5-7-14-35)57-56(58(49)59)45-26-22-40(33-51(45)60(57,3)4)38-24-28-55-48(31-38)44-18-9-11-20-53(44)62-55/h5-34H,1-4H3. The van der Waals surface area contributed by atoms with E-state index in [-0.39, 0.29) is 10.8 Å². The first-order valence-corrected chi connectivity index (χ1v) is 21.7. The highest BCUT2D eigenvalue weighted by molar-refractivity contribution is 6.08. The summed E-state index contributed by atoms with van der Waals surface area (Å²) < 4.78 is 12.4. The first-order chi connectivity index (χ1) is 30.2. The van der Waals surface area contributed by atoms with Crippen molar-refractivity contribution in [1.29, 1.82) is 0 Å². The van der Waals surface area contributed by atoms with Crippen LogP contribution in [0.1, 0.15) is 49.9 Å². The summed E-state index contributed by atoms with van der Waals surface area (Å²) in [7, 11) is 0. The van der Waals surface area contributed by atoms with Crippen LogP contribution >= 0.6 is 0 Å². The lowest BCUT2D eigenvalue weighted by molar-refractivity contribution is 0.649. The van der Waals surface area contributed by atoms with Gasteiger partial charge in [-0.3, -0.25) is 0 Å². The van der Waals surface area contributed by atoms with E-state index in [4.69, 9.17) is 8.83 Å². The van der Waals surface area contributed by atoms with Crippen molar-refractivity contribution < 1.29 is 8.83 Å². The van der Waals surface area contributed by atoms with Crippen molar-refractivity contribution in [2.75, 3.05) is 0 Å². The van der Waals surface area contributed by atoms with Crippen molar-refractivity contribution in [3.63, 3.8) is 0 Å².